The number of nitrogens with one attached hydrogen (secondary N) is 8. The average Bonchev–Trinajstić information content (AvgIpc) is 3.94. The van der Waals surface area contributed by atoms with E-state index in [9.17, 15) is 63.0 Å². The highest BCUT2D eigenvalue weighted by Gasteiger charge is 2.40. The van der Waals surface area contributed by atoms with Crippen LogP contribution in [0.5, 0.6) is 0 Å². The maximum absolute atomic E-state index is 13.9. The number of nitrogens with two attached hydrogens (primary N) is 2. The molecular weight excluding hydrogens is 889 g/mol. The molecule has 1 aromatic heterocycles. The van der Waals surface area contributed by atoms with Crippen molar-refractivity contribution >= 4 is 77.7 Å². The van der Waals surface area contributed by atoms with Crippen LogP contribution in [0.1, 0.15) is 85.3 Å². The van der Waals surface area contributed by atoms with Gasteiger partial charge in [0.2, 0.25) is 53.2 Å². The van der Waals surface area contributed by atoms with E-state index < -0.39 is 139 Å². The number of primary amides is 1. The summed E-state index contributed by atoms with van der Waals surface area (Å²) in [5.74, 6) is -10.7. The number of aliphatic carboxylic acids is 2. The smallest absolute Gasteiger partial charge is 0.327 e. The van der Waals surface area contributed by atoms with Crippen LogP contribution in [0.25, 0.3) is 0 Å². The first-order valence-corrected chi connectivity index (χ1v) is 22.0. The summed E-state index contributed by atoms with van der Waals surface area (Å²) in [6, 6.07) is -10.4. The fourth-order valence-corrected chi connectivity index (χ4v) is 7.05. The van der Waals surface area contributed by atoms with Crippen molar-refractivity contribution in [3.8, 4) is 0 Å². The second-order valence-electron chi connectivity index (χ2n) is 16.8. The van der Waals surface area contributed by atoms with Crippen molar-refractivity contribution in [3.05, 3.63) is 18.2 Å². The SMILES string of the molecule is CC(C)C[C@H](NC(=O)[C@@H](N)CC(C)C)C(=O)N[C@@H](Cc1cnc[nH]1)C(=O)NCC(=O)N[C@@H](C)C(=O)N[C@@H](CCC(=O)O)C(=O)N1CCC[C@H]1C(=O)N[C@@H](CC(N)=O)C(=O)N[C@@H](CS)C(=O)O. The molecule has 26 heteroatoms. The summed E-state index contributed by atoms with van der Waals surface area (Å²) < 4.78 is 0. The summed E-state index contributed by atoms with van der Waals surface area (Å²) in [5.41, 5.74) is 11.8. The van der Waals surface area contributed by atoms with Crippen LogP contribution in [-0.2, 0) is 59.2 Å². The van der Waals surface area contributed by atoms with Gasteiger partial charge in [-0.2, -0.15) is 12.6 Å². The molecule has 0 aromatic carbocycles. The number of carbonyl (C=O) groups excluding carboxylic acids is 9. The van der Waals surface area contributed by atoms with Gasteiger partial charge in [-0.25, -0.2) is 9.78 Å². The van der Waals surface area contributed by atoms with E-state index in [1.807, 2.05) is 27.7 Å². The number of carbonyl (C=O) groups is 11. The van der Waals surface area contributed by atoms with Crippen LogP contribution in [0.2, 0.25) is 0 Å². The van der Waals surface area contributed by atoms with E-state index >= 15 is 0 Å². The number of likely N-dealkylation sites (tertiary alicyclic amines) is 1. The molecule has 25 nitrogen and oxygen atoms in total. The second kappa shape index (κ2) is 27.2. The molecule has 1 saturated heterocycles. The Bertz CT molecular complexity index is 1900. The maximum Gasteiger partial charge on any atom is 0.327 e. The summed E-state index contributed by atoms with van der Waals surface area (Å²) in [7, 11) is 0. The molecule has 0 radical (unpaired) electrons. The molecule has 66 heavy (non-hydrogen) atoms. The van der Waals surface area contributed by atoms with Crippen molar-refractivity contribution < 1.29 is 63.0 Å². The molecule has 1 aromatic rings. The van der Waals surface area contributed by atoms with E-state index in [4.69, 9.17) is 11.5 Å². The molecule has 0 spiro atoms. The van der Waals surface area contributed by atoms with Gasteiger partial charge in [-0.15, -0.1) is 0 Å². The molecule has 368 valence electrons. The minimum absolute atomic E-state index is 0.0307. The Morgan fingerprint density at radius 3 is 1.95 bits per heavy atom. The second-order valence-corrected chi connectivity index (χ2v) is 17.1. The predicted molar refractivity (Wildman–Crippen MR) is 236 cm³/mol. The average molecular weight is 953 g/mol. The highest BCUT2D eigenvalue weighted by molar-refractivity contribution is 7.80. The maximum atomic E-state index is 13.9. The van der Waals surface area contributed by atoms with Gasteiger partial charge >= 0.3 is 11.9 Å². The van der Waals surface area contributed by atoms with E-state index in [-0.39, 0.29) is 49.8 Å². The third-order valence-corrected chi connectivity index (χ3v) is 10.5. The lowest BCUT2D eigenvalue weighted by Crippen LogP contribution is -2.59. The zero-order valence-corrected chi connectivity index (χ0v) is 38.5. The molecule has 9 amide bonds. The first kappa shape index (κ1) is 55.8. The molecule has 1 aliphatic rings. The molecule has 8 atom stereocenters. The first-order valence-electron chi connectivity index (χ1n) is 21.4. The number of rotatable bonds is 28. The number of thiol groups is 1. The van der Waals surface area contributed by atoms with Gasteiger partial charge in [0, 0.05) is 37.0 Å². The number of carboxylic acids is 2. The number of carboxylic acid groups (broad SMARTS) is 2. The molecule has 2 rings (SSSR count). The van der Waals surface area contributed by atoms with Crippen LogP contribution in [-0.4, -0.2) is 157 Å². The topological polar surface area (TPSA) is 396 Å². The Morgan fingerprint density at radius 2 is 1.39 bits per heavy atom. The normalized spacial score (nSPS) is 16.6. The van der Waals surface area contributed by atoms with Gasteiger partial charge in [0.25, 0.3) is 0 Å². The number of nitrogens with zero attached hydrogens (tertiary/aromatic N) is 2. The lowest BCUT2D eigenvalue weighted by atomic mass is 10.00. The van der Waals surface area contributed by atoms with Crippen molar-refractivity contribution in [1.29, 1.82) is 0 Å². The minimum Gasteiger partial charge on any atom is -0.481 e. The van der Waals surface area contributed by atoms with E-state index in [0.717, 1.165) is 4.90 Å². The Labute approximate surface area is 386 Å². The van der Waals surface area contributed by atoms with Gasteiger partial charge in [0.1, 0.15) is 42.3 Å². The zero-order valence-electron chi connectivity index (χ0n) is 37.6. The Hall–Kier alpha value is -6.31. The van der Waals surface area contributed by atoms with Crippen LogP contribution >= 0.6 is 12.6 Å². The van der Waals surface area contributed by atoms with Gasteiger partial charge < -0.3 is 68.8 Å². The molecule has 0 saturated carbocycles. The number of amides is 9. The van der Waals surface area contributed by atoms with Crippen LogP contribution in [0, 0.1) is 11.8 Å². The van der Waals surface area contributed by atoms with Crippen LogP contribution in [0.15, 0.2) is 12.5 Å². The lowest BCUT2D eigenvalue weighted by molar-refractivity contribution is -0.144. The standard InChI is InChI=1S/C40H64N12O13S/c1-19(2)11-23(41)34(58)48-25(12-20(3)4)36(60)49-26(13-22-15-43-18-45-22)35(59)44-16-31(54)46-21(5)33(57)47-24(8-9-32(55)56)39(63)52-10-6-7-29(52)38(62)50-27(14-30(42)53)37(61)51-28(17-66)40(64)65/h15,18-21,23-29,66H,6-14,16-17,41H2,1-5H3,(H2,42,53)(H,43,45)(H,44,59)(H,46,54)(H,47,57)(H,48,58)(H,49,60)(H,50,62)(H,51,61)(H,55,56)(H,64,65)/t21-,23-,24-,25-,26-,27-,28-,29-/m0/s1. The molecule has 0 aliphatic carbocycles. The van der Waals surface area contributed by atoms with Gasteiger partial charge in [0.05, 0.1) is 25.3 Å². The number of aromatic amines is 1. The Kier molecular flexibility index (Phi) is 23.0. The van der Waals surface area contributed by atoms with Crippen LogP contribution in [0.3, 0.4) is 0 Å². The van der Waals surface area contributed by atoms with E-state index in [1.165, 1.54) is 19.4 Å². The number of H-pyrrole nitrogens is 1. The number of hydrogen-bond acceptors (Lipinski definition) is 14. The van der Waals surface area contributed by atoms with Gasteiger partial charge in [-0.1, -0.05) is 27.7 Å². The largest absolute Gasteiger partial charge is 0.481 e. The summed E-state index contributed by atoms with van der Waals surface area (Å²) in [5, 5.41) is 35.7. The number of hydrogen-bond donors (Lipinski definition) is 13. The van der Waals surface area contributed by atoms with Gasteiger partial charge in [-0.3, -0.25) is 47.9 Å². The predicted octanol–water partition coefficient (Wildman–Crippen LogP) is -3.84. The van der Waals surface area contributed by atoms with Gasteiger partial charge in [-0.05, 0) is 50.9 Å². The number of aromatic nitrogens is 2. The summed E-state index contributed by atoms with van der Waals surface area (Å²) in [6.07, 6.45) is 1.86. The monoisotopic (exact) mass is 952 g/mol. The van der Waals surface area contributed by atoms with Crippen LogP contribution in [0.4, 0.5) is 0 Å². The fourth-order valence-electron chi connectivity index (χ4n) is 6.80. The molecule has 14 N–H and O–H groups in total. The van der Waals surface area contributed by atoms with Crippen molar-refractivity contribution in [2.45, 2.75) is 134 Å². The van der Waals surface area contributed by atoms with Crippen LogP contribution < -0.4 is 48.7 Å². The van der Waals surface area contributed by atoms with Crippen molar-refractivity contribution in [3.63, 3.8) is 0 Å². The minimum atomic E-state index is -1.63. The lowest BCUT2D eigenvalue weighted by Gasteiger charge is -2.30. The Morgan fingerprint density at radius 1 is 0.788 bits per heavy atom. The number of imidazole rings is 1. The first-order chi connectivity index (χ1) is 30.9. The van der Waals surface area contributed by atoms with Crippen molar-refractivity contribution in [2.24, 2.45) is 23.3 Å². The zero-order chi connectivity index (χ0) is 49.8. The third-order valence-electron chi connectivity index (χ3n) is 10.1. The summed E-state index contributed by atoms with van der Waals surface area (Å²) in [4.78, 5) is 149. The molecule has 1 fully saturated rings. The summed E-state index contributed by atoms with van der Waals surface area (Å²) in [6.45, 7) is 8.02. The molecule has 0 bridgehead atoms. The van der Waals surface area contributed by atoms with E-state index in [2.05, 4.69) is 59.8 Å². The third kappa shape index (κ3) is 19.0. The Balaban J connectivity index is 2.15. The highest BCUT2D eigenvalue weighted by atomic mass is 32.1. The quantitative estimate of drug-likeness (QED) is 0.0358. The fraction of sp³-hybridized carbons (Fsp3) is 0.650. The summed E-state index contributed by atoms with van der Waals surface area (Å²) >= 11 is 3.87. The molecule has 2 heterocycles. The van der Waals surface area contributed by atoms with Crippen molar-refractivity contribution in [1.82, 2.24) is 52.1 Å². The van der Waals surface area contributed by atoms with E-state index in [1.54, 1.807) is 0 Å². The van der Waals surface area contributed by atoms with Gasteiger partial charge in [0.15, 0.2) is 0 Å². The van der Waals surface area contributed by atoms with Crippen molar-refractivity contribution in [2.75, 3.05) is 18.8 Å². The molecule has 0 unspecified atom stereocenters. The molecular formula is C40H64N12O13S. The van der Waals surface area contributed by atoms with E-state index in [0.29, 0.717) is 12.1 Å². The highest BCUT2D eigenvalue weighted by Crippen LogP contribution is 2.20. The molecule has 1 aliphatic heterocycles.